The van der Waals surface area contributed by atoms with E-state index in [9.17, 15) is 9.59 Å². The maximum atomic E-state index is 12.0. The molecule has 1 aliphatic rings. The van der Waals surface area contributed by atoms with Gasteiger partial charge in [0.2, 0.25) is 0 Å². The number of nitrogens with zero attached hydrogens (tertiary/aromatic N) is 1. The quantitative estimate of drug-likeness (QED) is 0.914. The summed E-state index contributed by atoms with van der Waals surface area (Å²) in [6.07, 6.45) is 0.421. The van der Waals surface area contributed by atoms with Gasteiger partial charge < -0.3 is 14.7 Å². The number of aryl methyl sites for hydroxylation is 1. The van der Waals surface area contributed by atoms with Crippen LogP contribution in [0.15, 0.2) is 24.3 Å². The zero-order valence-electron chi connectivity index (χ0n) is 11.8. The summed E-state index contributed by atoms with van der Waals surface area (Å²) in [4.78, 5) is 24.4. The molecule has 1 aromatic rings. The number of anilines is 1. The van der Waals surface area contributed by atoms with Crippen molar-refractivity contribution in [3.8, 4) is 0 Å². The summed E-state index contributed by atoms with van der Waals surface area (Å²) in [6.45, 7) is 4.21. The zero-order valence-corrected chi connectivity index (χ0v) is 11.8. The fourth-order valence-electron chi connectivity index (χ4n) is 2.26. The molecule has 1 aliphatic heterocycles. The molecule has 0 aliphatic carbocycles. The summed E-state index contributed by atoms with van der Waals surface area (Å²) < 4.78 is 5.55. The van der Waals surface area contributed by atoms with E-state index in [1.54, 1.807) is 4.90 Å². The van der Waals surface area contributed by atoms with E-state index in [0.29, 0.717) is 13.0 Å². The molecule has 1 heterocycles. The van der Waals surface area contributed by atoms with E-state index < -0.39 is 11.6 Å². The van der Waals surface area contributed by atoms with Gasteiger partial charge in [0.15, 0.2) is 0 Å². The van der Waals surface area contributed by atoms with E-state index in [1.807, 2.05) is 38.1 Å². The Hall–Kier alpha value is -1.88. The van der Waals surface area contributed by atoms with Crippen LogP contribution in [0.5, 0.6) is 0 Å². The summed E-state index contributed by atoms with van der Waals surface area (Å²) in [7, 11) is 0. The van der Waals surface area contributed by atoms with Crippen LogP contribution in [-0.2, 0) is 14.3 Å². The highest BCUT2D eigenvalue weighted by atomic mass is 16.5. The van der Waals surface area contributed by atoms with Gasteiger partial charge in [-0.1, -0.05) is 17.7 Å². The molecule has 20 heavy (non-hydrogen) atoms. The first kappa shape index (κ1) is 14.5. The Balaban J connectivity index is 2.13. The lowest BCUT2D eigenvalue weighted by Crippen LogP contribution is -2.53. The van der Waals surface area contributed by atoms with Gasteiger partial charge in [-0.05, 0) is 32.4 Å². The molecule has 0 bridgehead atoms. The Morgan fingerprint density at radius 3 is 2.65 bits per heavy atom. The minimum absolute atomic E-state index is 0.00993. The lowest BCUT2D eigenvalue weighted by Gasteiger charge is -2.40. The Kier molecular flexibility index (Phi) is 4.09. The SMILES string of the molecule is Cc1ccc(N2CC(C)(CCC(=O)O)OCC2=O)cc1. The van der Waals surface area contributed by atoms with Crippen molar-refractivity contribution in [1.29, 1.82) is 0 Å². The third kappa shape index (κ3) is 3.36. The van der Waals surface area contributed by atoms with Crippen LogP contribution >= 0.6 is 0 Å². The number of carboxylic acids is 1. The Morgan fingerprint density at radius 1 is 1.40 bits per heavy atom. The minimum Gasteiger partial charge on any atom is -0.481 e. The summed E-state index contributed by atoms with van der Waals surface area (Å²) in [5.41, 5.74) is 1.34. The van der Waals surface area contributed by atoms with Crippen LogP contribution in [0, 0.1) is 6.92 Å². The number of carbonyl (C=O) groups is 2. The molecule has 1 atom stereocenters. The lowest BCUT2D eigenvalue weighted by molar-refractivity contribution is -0.142. The molecule has 1 aromatic carbocycles. The average molecular weight is 277 g/mol. The van der Waals surface area contributed by atoms with E-state index in [1.165, 1.54) is 0 Å². The molecular formula is C15H19NO4. The van der Waals surface area contributed by atoms with E-state index in [-0.39, 0.29) is 18.9 Å². The molecule has 2 rings (SSSR count). The number of carbonyl (C=O) groups excluding carboxylic acids is 1. The Bertz CT molecular complexity index is 511. The van der Waals surface area contributed by atoms with E-state index in [0.717, 1.165) is 11.3 Å². The molecule has 1 fully saturated rings. The van der Waals surface area contributed by atoms with Crippen LogP contribution in [0.25, 0.3) is 0 Å². The minimum atomic E-state index is -0.853. The maximum absolute atomic E-state index is 12.0. The second-order valence-electron chi connectivity index (χ2n) is 5.45. The molecule has 1 saturated heterocycles. The maximum Gasteiger partial charge on any atom is 0.303 e. The van der Waals surface area contributed by atoms with Crippen molar-refractivity contribution in [2.75, 3.05) is 18.1 Å². The van der Waals surface area contributed by atoms with Crippen molar-refractivity contribution in [2.45, 2.75) is 32.3 Å². The normalized spacial score (nSPS) is 22.9. The zero-order chi connectivity index (χ0) is 14.8. The lowest BCUT2D eigenvalue weighted by atomic mass is 9.97. The molecule has 108 valence electrons. The van der Waals surface area contributed by atoms with Gasteiger partial charge in [0.25, 0.3) is 5.91 Å². The molecule has 1 N–H and O–H groups in total. The monoisotopic (exact) mass is 277 g/mol. The van der Waals surface area contributed by atoms with Crippen LogP contribution in [0.4, 0.5) is 5.69 Å². The summed E-state index contributed by atoms with van der Waals surface area (Å²) >= 11 is 0. The van der Waals surface area contributed by atoms with Gasteiger partial charge in [-0.3, -0.25) is 9.59 Å². The summed E-state index contributed by atoms with van der Waals surface area (Å²) in [6, 6.07) is 7.70. The van der Waals surface area contributed by atoms with E-state index >= 15 is 0 Å². The van der Waals surface area contributed by atoms with Crippen molar-refractivity contribution in [1.82, 2.24) is 0 Å². The van der Waals surface area contributed by atoms with Gasteiger partial charge in [-0.25, -0.2) is 0 Å². The molecular weight excluding hydrogens is 258 g/mol. The average Bonchev–Trinajstić information content (AvgIpc) is 2.41. The van der Waals surface area contributed by atoms with Crippen LogP contribution in [-0.4, -0.2) is 35.7 Å². The number of hydrogen-bond donors (Lipinski definition) is 1. The van der Waals surface area contributed by atoms with Gasteiger partial charge in [-0.2, -0.15) is 0 Å². The number of hydrogen-bond acceptors (Lipinski definition) is 3. The molecule has 5 nitrogen and oxygen atoms in total. The summed E-state index contributed by atoms with van der Waals surface area (Å²) in [5.74, 6) is -0.949. The second kappa shape index (κ2) is 5.63. The highest BCUT2D eigenvalue weighted by Crippen LogP contribution is 2.27. The van der Waals surface area contributed by atoms with E-state index in [2.05, 4.69) is 0 Å². The molecule has 1 unspecified atom stereocenters. The van der Waals surface area contributed by atoms with E-state index in [4.69, 9.17) is 9.84 Å². The second-order valence-corrected chi connectivity index (χ2v) is 5.45. The number of morpholine rings is 1. The number of ether oxygens (including phenoxy) is 1. The first-order valence-corrected chi connectivity index (χ1v) is 6.62. The predicted molar refractivity (Wildman–Crippen MR) is 74.8 cm³/mol. The first-order valence-electron chi connectivity index (χ1n) is 6.62. The number of benzene rings is 1. The topological polar surface area (TPSA) is 66.8 Å². The third-order valence-electron chi connectivity index (χ3n) is 3.55. The highest BCUT2D eigenvalue weighted by molar-refractivity contribution is 5.95. The van der Waals surface area contributed by atoms with Gasteiger partial charge >= 0.3 is 5.97 Å². The van der Waals surface area contributed by atoms with Crippen LogP contribution in [0.2, 0.25) is 0 Å². The van der Waals surface area contributed by atoms with Crippen molar-refractivity contribution in [3.63, 3.8) is 0 Å². The fraction of sp³-hybridized carbons (Fsp3) is 0.467. The van der Waals surface area contributed by atoms with Crippen molar-refractivity contribution in [2.24, 2.45) is 0 Å². The van der Waals surface area contributed by atoms with Crippen molar-refractivity contribution in [3.05, 3.63) is 29.8 Å². The number of aliphatic carboxylic acids is 1. The Labute approximate surface area is 118 Å². The largest absolute Gasteiger partial charge is 0.481 e. The summed E-state index contributed by atoms with van der Waals surface area (Å²) in [5, 5.41) is 8.79. The smallest absolute Gasteiger partial charge is 0.303 e. The van der Waals surface area contributed by atoms with Crippen molar-refractivity contribution >= 4 is 17.6 Å². The Morgan fingerprint density at radius 2 is 2.05 bits per heavy atom. The predicted octanol–water partition coefficient (Wildman–Crippen LogP) is 1.98. The van der Waals surface area contributed by atoms with Gasteiger partial charge in [0.1, 0.15) is 6.61 Å². The van der Waals surface area contributed by atoms with Gasteiger partial charge in [-0.15, -0.1) is 0 Å². The molecule has 1 amide bonds. The van der Waals surface area contributed by atoms with Crippen molar-refractivity contribution < 1.29 is 19.4 Å². The number of rotatable bonds is 4. The number of amides is 1. The fourth-order valence-corrected chi connectivity index (χ4v) is 2.26. The van der Waals surface area contributed by atoms with Crippen LogP contribution in [0.3, 0.4) is 0 Å². The van der Waals surface area contributed by atoms with Crippen LogP contribution < -0.4 is 4.90 Å². The van der Waals surface area contributed by atoms with Gasteiger partial charge in [0, 0.05) is 12.1 Å². The van der Waals surface area contributed by atoms with Gasteiger partial charge in [0.05, 0.1) is 12.1 Å². The highest BCUT2D eigenvalue weighted by Gasteiger charge is 2.36. The third-order valence-corrected chi connectivity index (χ3v) is 3.55. The molecule has 0 spiro atoms. The number of carboxylic acid groups (broad SMARTS) is 1. The molecule has 0 saturated carbocycles. The van der Waals surface area contributed by atoms with Crippen LogP contribution in [0.1, 0.15) is 25.3 Å². The first-order chi connectivity index (χ1) is 9.39. The molecule has 0 radical (unpaired) electrons. The molecule has 5 heteroatoms. The standard InChI is InChI=1S/C15H19NO4/c1-11-3-5-12(6-4-11)16-10-15(2,8-7-14(18)19)20-9-13(16)17/h3-6H,7-10H2,1-2H3,(H,18,19). The molecule has 0 aromatic heterocycles.